The molecule has 1 N–H and O–H groups in total. The second-order valence-electron chi connectivity index (χ2n) is 5.77. The lowest BCUT2D eigenvalue weighted by Crippen LogP contribution is -2.39. The van der Waals surface area contributed by atoms with E-state index in [4.69, 9.17) is 9.47 Å². The zero-order chi connectivity index (χ0) is 13.8. The highest BCUT2D eigenvalue weighted by Gasteiger charge is 2.35. The number of rotatable bonds is 5. The lowest BCUT2D eigenvalue weighted by molar-refractivity contribution is -0.130. The second kappa shape index (κ2) is 6.50. The number of carbonyl (C=O) groups excluding carboxylic acids is 1. The van der Waals surface area contributed by atoms with E-state index in [1.54, 1.807) is 14.2 Å². The number of nitrogens with zero attached hydrogens (tertiary/aromatic N) is 1. The van der Waals surface area contributed by atoms with E-state index in [9.17, 15) is 4.79 Å². The zero-order valence-electron chi connectivity index (χ0n) is 12.2. The average Bonchev–Trinajstić information content (AvgIpc) is 2.70. The standard InChI is InChI=1S/C13H26N2O3/c1-13(2,3)14-7-6-12(16)15-8-10(17-4)11(9-15)18-5/h10-11,14H,6-9H2,1-5H3. The van der Waals surface area contributed by atoms with Crippen molar-refractivity contribution < 1.29 is 14.3 Å². The highest BCUT2D eigenvalue weighted by Crippen LogP contribution is 2.16. The molecule has 0 aromatic rings. The van der Waals surface area contributed by atoms with Gasteiger partial charge in [-0.15, -0.1) is 0 Å². The molecule has 1 saturated heterocycles. The number of hydrogen-bond donors (Lipinski definition) is 1. The van der Waals surface area contributed by atoms with Crippen molar-refractivity contribution in [2.45, 2.75) is 44.9 Å². The van der Waals surface area contributed by atoms with Crippen molar-refractivity contribution in [1.29, 1.82) is 0 Å². The van der Waals surface area contributed by atoms with E-state index in [2.05, 4.69) is 26.1 Å². The van der Waals surface area contributed by atoms with Crippen LogP contribution in [0.25, 0.3) is 0 Å². The molecular weight excluding hydrogens is 232 g/mol. The third kappa shape index (κ3) is 4.55. The van der Waals surface area contributed by atoms with Gasteiger partial charge in [-0.25, -0.2) is 0 Å². The first-order chi connectivity index (χ1) is 8.37. The molecule has 1 rings (SSSR count). The third-order valence-corrected chi connectivity index (χ3v) is 3.17. The molecule has 0 spiro atoms. The van der Waals surface area contributed by atoms with Gasteiger partial charge in [0.2, 0.25) is 5.91 Å². The molecule has 1 amide bonds. The van der Waals surface area contributed by atoms with Crippen molar-refractivity contribution in [3.8, 4) is 0 Å². The minimum atomic E-state index is -0.00507. The molecule has 1 aliphatic rings. The molecule has 106 valence electrons. The summed E-state index contributed by atoms with van der Waals surface area (Å²) in [5.41, 5.74) is 0.0510. The molecule has 5 heteroatoms. The van der Waals surface area contributed by atoms with Crippen molar-refractivity contribution in [1.82, 2.24) is 10.2 Å². The summed E-state index contributed by atoms with van der Waals surface area (Å²) in [5.74, 6) is 0.161. The lowest BCUT2D eigenvalue weighted by Gasteiger charge is -2.21. The van der Waals surface area contributed by atoms with Crippen LogP contribution in [0.2, 0.25) is 0 Å². The van der Waals surface area contributed by atoms with Gasteiger partial charge in [0.15, 0.2) is 0 Å². The van der Waals surface area contributed by atoms with Crippen LogP contribution < -0.4 is 5.32 Å². The van der Waals surface area contributed by atoms with Crippen molar-refractivity contribution in [3.05, 3.63) is 0 Å². The Morgan fingerprint density at radius 1 is 1.22 bits per heavy atom. The Balaban J connectivity index is 2.35. The molecule has 18 heavy (non-hydrogen) atoms. The van der Waals surface area contributed by atoms with Gasteiger partial charge < -0.3 is 19.7 Å². The van der Waals surface area contributed by atoms with E-state index in [-0.39, 0.29) is 23.7 Å². The van der Waals surface area contributed by atoms with Gasteiger partial charge >= 0.3 is 0 Å². The SMILES string of the molecule is COC1CN(C(=O)CCNC(C)(C)C)CC1OC. The summed E-state index contributed by atoms with van der Waals surface area (Å²) in [5, 5.41) is 3.32. The zero-order valence-corrected chi connectivity index (χ0v) is 12.2. The number of nitrogens with one attached hydrogen (secondary N) is 1. The fraction of sp³-hybridized carbons (Fsp3) is 0.923. The summed E-state index contributed by atoms with van der Waals surface area (Å²) in [7, 11) is 3.32. The summed E-state index contributed by atoms with van der Waals surface area (Å²) in [4.78, 5) is 13.9. The number of carbonyl (C=O) groups is 1. The van der Waals surface area contributed by atoms with E-state index in [0.717, 1.165) is 0 Å². The predicted molar refractivity (Wildman–Crippen MR) is 70.5 cm³/mol. The number of amides is 1. The van der Waals surface area contributed by atoms with E-state index in [1.165, 1.54) is 0 Å². The molecule has 0 aromatic heterocycles. The Kier molecular flexibility index (Phi) is 5.56. The first-order valence-corrected chi connectivity index (χ1v) is 6.46. The summed E-state index contributed by atoms with van der Waals surface area (Å²) in [6.07, 6.45) is 0.508. The van der Waals surface area contributed by atoms with Crippen molar-refractivity contribution in [2.75, 3.05) is 33.9 Å². The Labute approximate surface area is 110 Å². The van der Waals surface area contributed by atoms with Crippen LogP contribution in [-0.2, 0) is 14.3 Å². The maximum Gasteiger partial charge on any atom is 0.224 e. The number of likely N-dealkylation sites (tertiary alicyclic amines) is 1. The smallest absolute Gasteiger partial charge is 0.224 e. The van der Waals surface area contributed by atoms with Crippen LogP contribution >= 0.6 is 0 Å². The Bertz CT molecular complexity index is 264. The van der Waals surface area contributed by atoms with Gasteiger partial charge in [0.1, 0.15) is 12.2 Å². The second-order valence-corrected chi connectivity index (χ2v) is 5.77. The molecule has 5 nitrogen and oxygen atoms in total. The van der Waals surface area contributed by atoms with Gasteiger partial charge in [0.25, 0.3) is 0 Å². The maximum atomic E-state index is 12.0. The molecule has 2 atom stereocenters. The fourth-order valence-corrected chi connectivity index (χ4v) is 2.10. The highest BCUT2D eigenvalue weighted by molar-refractivity contribution is 5.76. The van der Waals surface area contributed by atoms with Crippen molar-refractivity contribution in [3.63, 3.8) is 0 Å². The van der Waals surface area contributed by atoms with Gasteiger partial charge in [0.05, 0.1) is 0 Å². The summed E-state index contributed by atoms with van der Waals surface area (Å²) < 4.78 is 10.6. The van der Waals surface area contributed by atoms with Crippen molar-refractivity contribution in [2.24, 2.45) is 0 Å². The van der Waals surface area contributed by atoms with Gasteiger partial charge in [0, 0.05) is 45.8 Å². The molecule has 0 bridgehead atoms. The van der Waals surface area contributed by atoms with Crippen molar-refractivity contribution >= 4 is 5.91 Å². The largest absolute Gasteiger partial charge is 0.377 e. The molecule has 0 saturated carbocycles. The van der Waals surface area contributed by atoms with E-state index in [0.29, 0.717) is 26.1 Å². The summed E-state index contributed by atoms with van der Waals surface area (Å²) >= 11 is 0. The maximum absolute atomic E-state index is 12.0. The Hall–Kier alpha value is -0.650. The van der Waals surface area contributed by atoms with E-state index >= 15 is 0 Å². The minimum Gasteiger partial charge on any atom is -0.377 e. The van der Waals surface area contributed by atoms with Gasteiger partial charge in [-0.2, -0.15) is 0 Å². The van der Waals surface area contributed by atoms with Crippen LogP contribution in [0.1, 0.15) is 27.2 Å². The van der Waals surface area contributed by atoms with E-state index < -0.39 is 0 Å². The topological polar surface area (TPSA) is 50.8 Å². The molecule has 2 unspecified atom stereocenters. The van der Waals surface area contributed by atoms with Crippen LogP contribution in [0.3, 0.4) is 0 Å². The molecular formula is C13H26N2O3. The van der Waals surface area contributed by atoms with Gasteiger partial charge in [-0.3, -0.25) is 4.79 Å². The first-order valence-electron chi connectivity index (χ1n) is 6.46. The van der Waals surface area contributed by atoms with Crippen LogP contribution in [0.4, 0.5) is 0 Å². The Morgan fingerprint density at radius 3 is 2.11 bits per heavy atom. The summed E-state index contributed by atoms with van der Waals surface area (Å²) in [6.45, 7) is 8.24. The molecule has 1 heterocycles. The number of ether oxygens (including phenoxy) is 2. The monoisotopic (exact) mass is 258 g/mol. The van der Waals surface area contributed by atoms with Crippen LogP contribution in [0.15, 0.2) is 0 Å². The predicted octanol–water partition coefficient (Wildman–Crippen LogP) is 0.637. The first kappa shape index (κ1) is 15.4. The number of hydrogen-bond acceptors (Lipinski definition) is 4. The van der Waals surface area contributed by atoms with Gasteiger partial charge in [-0.1, -0.05) is 0 Å². The quantitative estimate of drug-likeness (QED) is 0.786. The molecule has 0 aromatic carbocycles. The van der Waals surface area contributed by atoms with Gasteiger partial charge in [-0.05, 0) is 20.8 Å². The molecule has 0 radical (unpaired) electrons. The fourth-order valence-electron chi connectivity index (χ4n) is 2.10. The summed E-state index contributed by atoms with van der Waals surface area (Å²) in [6, 6.07) is 0. The normalized spacial score (nSPS) is 24.6. The molecule has 1 fully saturated rings. The lowest BCUT2D eigenvalue weighted by atomic mass is 10.1. The minimum absolute atomic E-state index is 0.00507. The van der Waals surface area contributed by atoms with E-state index in [1.807, 2.05) is 4.90 Å². The number of methoxy groups -OCH3 is 2. The van der Waals surface area contributed by atoms with Crippen LogP contribution in [0, 0.1) is 0 Å². The average molecular weight is 258 g/mol. The van der Waals surface area contributed by atoms with Crippen LogP contribution in [0.5, 0.6) is 0 Å². The molecule has 1 aliphatic heterocycles. The molecule has 0 aliphatic carbocycles. The third-order valence-electron chi connectivity index (χ3n) is 3.17. The van der Waals surface area contributed by atoms with Crippen LogP contribution in [-0.4, -0.2) is 62.4 Å². The highest BCUT2D eigenvalue weighted by atomic mass is 16.5. The Morgan fingerprint density at radius 2 is 1.72 bits per heavy atom.